The van der Waals surface area contributed by atoms with Crippen molar-refractivity contribution in [2.75, 3.05) is 24.8 Å². The van der Waals surface area contributed by atoms with Gasteiger partial charge in [-0.25, -0.2) is 8.78 Å². The number of thioether (sulfide) groups is 1. The van der Waals surface area contributed by atoms with Crippen LogP contribution in [0.2, 0.25) is 0 Å². The second-order valence-corrected chi connectivity index (χ2v) is 7.20. The molecule has 0 aliphatic carbocycles. The van der Waals surface area contributed by atoms with Gasteiger partial charge in [0.2, 0.25) is 5.91 Å². The molecule has 0 atom stereocenters. The SMILES string of the molecule is COCCn1c(SCC(=O)Nc2c(F)cccc2F)nnc1-c1cccc(C)c1. The van der Waals surface area contributed by atoms with Gasteiger partial charge in [0.1, 0.15) is 17.3 Å². The van der Waals surface area contributed by atoms with Gasteiger partial charge in [-0.2, -0.15) is 0 Å². The Morgan fingerprint density at radius 3 is 2.59 bits per heavy atom. The summed E-state index contributed by atoms with van der Waals surface area (Å²) >= 11 is 1.13. The second kappa shape index (κ2) is 9.62. The number of rotatable bonds is 8. The maximum atomic E-state index is 13.7. The number of hydrogen-bond donors (Lipinski definition) is 1. The summed E-state index contributed by atoms with van der Waals surface area (Å²) < 4.78 is 34.4. The molecule has 0 aliphatic rings. The van der Waals surface area contributed by atoms with Gasteiger partial charge in [-0.15, -0.1) is 10.2 Å². The number of methoxy groups -OCH3 is 1. The van der Waals surface area contributed by atoms with Gasteiger partial charge in [0.25, 0.3) is 0 Å². The summed E-state index contributed by atoms with van der Waals surface area (Å²) in [5.41, 5.74) is 1.53. The lowest BCUT2D eigenvalue weighted by atomic mass is 10.1. The molecule has 0 saturated heterocycles. The van der Waals surface area contributed by atoms with Crippen molar-refractivity contribution in [2.45, 2.75) is 18.6 Å². The average molecular weight is 418 g/mol. The molecule has 0 unspecified atom stereocenters. The van der Waals surface area contributed by atoms with Crippen LogP contribution in [-0.4, -0.2) is 40.1 Å². The lowest BCUT2D eigenvalue weighted by Crippen LogP contribution is -2.17. The number of nitrogens with zero attached hydrogens (tertiary/aromatic N) is 3. The van der Waals surface area contributed by atoms with Crippen molar-refractivity contribution < 1.29 is 18.3 Å². The molecule has 1 N–H and O–H groups in total. The highest BCUT2D eigenvalue weighted by molar-refractivity contribution is 7.99. The van der Waals surface area contributed by atoms with E-state index in [4.69, 9.17) is 4.74 Å². The van der Waals surface area contributed by atoms with Crippen LogP contribution in [0.25, 0.3) is 11.4 Å². The van der Waals surface area contributed by atoms with Crippen LogP contribution in [0.4, 0.5) is 14.5 Å². The number of halogens is 2. The van der Waals surface area contributed by atoms with E-state index in [1.807, 2.05) is 35.8 Å². The minimum Gasteiger partial charge on any atom is -0.383 e. The third-order valence-electron chi connectivity index (χ3n) is 4.07. The molecule has 0 spiro atoms. The third kappa shape index (κ3) is 5.18. The topological polar surface area (TPSA) is 69.0 Å². The van der Waals surface area contributed by atoms with Crippen LogP contribution in [0.1, 0.15) is 5.56 Å². The summed E-state index contributed by atoms with van der Waals surface area (Å²) in [6.45, 7) is 2.93. The van der Waals surface area contributed by atoms with Crippen LogP contribution >= 0.6 is 11.8 Å². The van der Waals surface area contributed by atoms with Crippen molar-refractivity contribution in [1.29, 1.82) is 0 Å². The molecule has 0 saturated carbocycles. The minimum atomic E-state index is -0.826. The molecule has 9 heteroatoms. The summed E-state index contributed by atoms with van der Waals surface area (Å²) in [5.74, 6) is -1.61. The fraction of sp³-hybridized carbons (Fsp3) is 0.250. The molecule has 1 amide bonds. The first-order valence-electron chi connectivity index (χ1n) is 8.85. The zero-order chi connectivity index (χ0) is 20.8. The smallest absolute Gasteiger partial charge is 0.235 e. The molecule has 0 aliphatic heterocycles. The van der Waals surface area contributed by atoms with Crippen LogP contribution in [0.5, 0.6) is 0 Å². The van der Waals surface area contributed by atoms with Crippen molar-refractivity contribution in [3.05, 3.63) is 59.7 Å². The number of anilines is 1. The van der Waals surface area contributed by atoms with Crippen molar-refractivity contribution in [3.63, 3.8) is 0 Å². The first-order chi connectivity index (χ1) is 14.0. The van der Waals surface area contributed by atoms with Crippen LogP contribution in [0.3, 0.4) is 0 Å². The monoisotopic (exact) mass is 418 g/mol. The number of carbonyl (C=O) groups is 1. The lowest BCUT2D eigenvalue weighted by molar-refractivity contribution is -0.113. The number of hydrogen-bond acceptors (Lipinski definition) is 5. The Hall–Kier alpha value is -2.78. The van der Waals surface area contributed by atoms with E-state index >= 15 is 0 Å². The molecule has 3 rings (SSSR count). The van der Waals surface area contributed by atoms with Gasteiger partial charge >= 0.3 is 0 Å². The highest BCUT2D eigenvalue weighted by Gasteiger charge is 2.17. The van der Waals surface area contributed by atoms with Crippen molar-refractivity contribution in [1.82, 2.24) is 14.8 Å². The first kappa shape index (κ1) is 20.9. The predicted molar refractivity (Wildman–Crippen MR) is 108 cm³/mol. The quantitative estimate of drug-likeness (QED) is 0.562. The van der Waals surface area contributed by atoms with Crippen molar-refractivity contribution in [3.8, 4) is 11.4 Å². The predicted octanol–water partition coefficient (Wildman–Crippen LogP) is 3.91. The Morgan fingerprint density at radius 2 is 1.90 bits per heavy atom. The van der Waals surface area contributed by atoms with Gasteiger partial charge < -0.3 is 10.1 Å². The summed E-state index contributed by atoms with van der Waals surface area (Å²) in [7, 11) is 1.60. The molecule has 1 aromatic heterocycles. The first-order valence-corrected chi connectivity index (χ1v) is 9.84. The highest BCUT2D eigenvalue weighted by Crippen LogP contribution is 2.25. The fourth-order valence-electron chi connectivity index (χ4n) is 2.70. The Morgan fingerprint density at radius 1 is 1.17 bits per heavy atom. The van der Waals surface area contributed by atoms with E-state index in [9.17, 15) is 13.6 Å². The molecule has 0 bridgehead atoms. The summed E-state index contributed by atoms with van der Waals surface area (Å²) in [5, 5.41) is 11.2. The molecule has 0 radical (unpaired) electrons. The fourth-order valence-corrected chi connectivity index (χ4v) is 3.46. The van der Waals surface area contributed by atoms with Crippen LogP contribution in [-0.2, 0) is 16.1 Å². The number of para-hydroxylation sites is 1. The zero-order valence-electron chi connectivity index (χ0n) is 16.0. The van der Waals surface area contributed by atoms with E-state index in [-0.39, 0.29) is 5.75 Å². The van der Waals surface area contributed by atoms with Crippen molar-refractivity contribution >= 4 is 23.4 Å². The zero-order valence-corrected chi connectivity index (χ0v) is 16.8. The Labute approximate surface area is 171 Å². The third-order valence-corrected chi connectivity index (χ3v) is 5.04. The van der Waals surface area contributed by atoms with Gasteiger partial charge in [-0.1, -0.05) is 41.6 Å². The number of benzene rings is 2. The van der Waals surface area contributed by atoms with E-state index in [1.54, 1.807) is 7.11 Å². The Balaban J connectivity index is 1.75. The van der Waals surface area contributed by atoms with E-state index in [0.29, 0.717) is 24.1 Å². The van der Waals surface area contributed by atoms with Gasteiger partial charge in [0, 0.05) is 12.7 Å². The van der Waals surface area contributed by atoms with Crippen molar-refractivity contribution in [2.24, 2.45) is 0 Å². The minimum absolute atomic E-state index is 0.0767. The van der Waals surface area contributed by atoms with E-state index in [1.165, 1.54) is 6.07 Å². The van der Waals surface area contributed by atoms with Crippen LogP contribution in [0.15, 0.2) is 47.6 Å². The van der Waals surface area contributed by atoms with Crippen LogP contribution in [0, 0.1) is 18.6 Å². The molecule has 2 aromatic carbocycles. The Bertz CT molecular complexity index is 990. The van der Waals surface area contributed by atoms with Gasteiger partial charge in [0.05, 0.1) is 18.9 Å². The number of carbonyl (C=O) groups excluding carboxylic acids is 1. The van der Waals surface area contributed by atoms with Gasteiger partial charge in [-0.3, -0.25) is 9.36 Å². The molecule has 1 heterocycles. The molecular formula is C20H20F2N4O2S. The number of aryl methyl sites for hydroxylation is 1. The highest BCUT2D eigenvalue weighted by atomic mass is 32.2. The average Bonchev–Trinajstić information content (AvgIpc) is 3.10. The largest absolute Gasteiger partial charge is 0.383 e. The van der Waals surface area contributed by atoms with Gasteiger partial charge in [0.15, 0.2) is 11.0 Å². The molecule has 3 aromatic rings. The van der Waals surface area contributed by atoms with E-state index < -0.39 is 23.2 Å². The Kier molecular flexibility index (Phi) is 6.95. The maximum absolute atomic E-state index is 13.7. The second-order valence-electron chi connectivity index (χ2n) is 6.25. The lowest BCUT2D eigenvalue weighted by Gasteiger charge is -2.10. The molecular weight excluding hydrogens is 398 g/mol. The molecule has 152 valence electrons. The summed E-state index contributed by atoms with van der Waals surface area (Å²) in [6, 6.07) is 11.3. The number of amides is 1. The van der Waals surface area contributed by atoms with E-state index in [0.717, 1.165) is 35.0 Å². The normalized spacial score (nSPS) is 10.9. The number of ether oxygens (including phenoxy) is 1. The molecule has 29 heavy (non-hydrogen) atoms. The summed E-state index contributed by atoms with van der Waals surface area (Å²) in [4.78, 5) is 12.2. The maximum Gasteiger partial charge on any atom is 0.235 e. The summed E-state index contributed by atoms with van der Waals surface area (Å²) in [6.07, 6.45) is 0. The van der Waals surface area contributed by atoms with Gasteiger partial charge in [-0.05, 0) is 25.1 Å². The molecule has 0 fully saturated rings. The van der Waals surface area contributed by atoms with E-state index in [2.05, 4.69) is 15.5 Å². The van der Waals surface area contributed by atoms with Crippen LogP contribution < -0.4 is 5.32 Å². The standard InChI is InChI=1S/C20H20F2N4O2S/c1-13-5-3-6-14(11-13)19-24-25-20(26(19)9-10-28-2)29-12-17(27)23-18-15(21)7-4-8-16(18)22/h3-8,11H,9-10,12H2,1-2H3,(H,23,27). The number of nitrogens with one attached hydrogen (secondary N) is 1. The number of aromatic nitrogens is 3. The molecule has 6 nitrogen and oxygen atoms in total.